The zero-order chi connectivity index (χ0) is 20.8. The molecule has 2 aliphatic heterocycles. The summed E-state index contributed by atoms with van der Waals surface area (Å²) in [6.07, 6.45) is 2.68. The maximum absolute atomic E-state index is 13.1. The Morgan fingerprint density at radius 3 is 2.41 bits per heavy atom. The third kappa shape index (κ3) is 5.58. The van der Waals surface area contributed by atoms with Gasteiger partial charge in [-0.05, 0) is 57.8 Å². The van der Waals surface area contributed by atoms with E-state index in [4.69, 9.17) is 4.74 Å². The summed E-state index contributed by atoms with van der Waals surface area (Å²) < 4.78 is 5.15. The number of benzene rings is 1. The van der Waals surface area contributed by atoms with Crippen LogP contribution in [0.1, 0.15) is 40.7 Å². The van der Waals surface area contributed by atoms with Crippen molar-refractivity contribution >= 4 is 11.8 Å². The average Bonchev–Trinajstić information content (AvgIpc) is 2.99. The van der Waals surface area contributed by atoms with Crippen LogP contribution in [0.3, 0.4) is 0 Å². The van der Waals surface area contributed by atoms with Crippen LogP contribution in [0.15, 0.2) is 18.2 Å². The van der Waals surface area contributed by atoms with Gasteiger partial charge in [-0.15, -0.1) is 0 Å². The Morgan fingerprint density at radius 2 is 1.69 bits per heavy atom. The van der Waals surface area contributed by atoms with Crippen LogP contribution >= 0.6 is 0 Å². The van der Waals surface area contributed by atoms with Crippen LogP contribution in [0.4, 0.5) is 0 Å². The topological polar surface area (TPSA) is 53.1 Å². The Balaban J connectivity index is 1.54. The van der Waals surface area contributed by atoms with E-state index < -0.39 is 0 Å². The van der Waals surface area contributed by atoms with Gasteiger partial charge in [-0.1, -0.05) is 17.7 Å². The first-order valence-corrected chi connectivity index (χ1v) is 10.9. The van der Waals surface area contributed by atoms with Crippen LogP contribution in [0.2, 0.25) is 0 Å². The van der Waals surface area contributed by atoms with Crippen molar-refractivity contribution in [3.8, 4) is 0 Å². The fraction of sp³-hybridized carbons (Fsp3) is 0.652. The second-order valence-electron chi connectivity index (χ2n) is 8.40. The number of likely N-dealkylation sites (tertiary alicyclic amines) is 1. The number of rotatable bonds is 5. The zero-order valence-electron chi connectivity index (χ0n) is 18.2. The molecule has 2 heterocycles. The highest BCUT2D eigenvalue weighted by Gasteiger charge is 2.30. The third-order valence-electron chi connectivity index (χ3n) is 6.27. The number of ether oxygens (including phenoxy) is 1. The van der Waals surface area contributed by atoms with Crippen LogP contribution in [0.5, 0.6) is 0 Å². The summed E-state index contributed by atoms with van der Waals surface area (Å²) in [7, 11) is 1.73. The minimum atomic E-state index is 0.0898. The zero-order valence-corrected chi connectivity index (χ0v) is 18.2. The first-order valence-electron chi connectivity index (χ1n) is 10.9. The molecule has 6 heteroatoms. The van der Waals surface area contributed by atoms with E-state index in [1.54, 1.807) is 7.11 Å². The van der Waals surface area contributed by atoms with E-state index in [2.05, 4.69) is 4.90 Å². The van der Waals surface area contributed by atoms with Crippen LogP contribution in [0.25, 0.3) is 0 Å². The van der Waals surface area contributed by atoms with Crippen molar-refractivity contribution in [1.82, 2.24) is 14.7 Å². The SMILES string of the molecule is COCCN1CCC(C(=O)N2CCCN(C(=O)c3cc(C)ccc3C)CC2)CC1. The quantitative estimate of drug-likeness (QED) is 0.760. The number of nitrogens with zero attached hydrogens (tertiary/aromatic N) is 3. The van der Waals surface area contributed by atoms with Crippen LogP contribution in [-0.4, -0.2) is 86.0 Å². The molecule has 2 fully saturated rings. The molecule has 6 nitrogen and oxygen atoms in total. The molecule has 160 valence electrons. The van der Waals surface area contributed by atoms with Crippen molar-refractivity contribution in [2.24, 2.45) is 5.92 Å². The van der Waals surface area contributed by atoms with Gasteiger partial charge in [0.05, 0.1) is 6.61 Å². The summed E-state index contributed by atoms with van der Waals surface area (Å²) in [6.45, 7) is 10.3. The highest BCUT2D eigenvalue weighted by atomic mass is 16.5. The minimum Gasteiger partial charge on any atom is -0.383 e. The van der Waals surface area contributed by atoms with Gasteiger partial charge in [0, 0.05) is 51.3 Å². The number of piperidine rings is 1. The summed E-state index contributed by atoms with van der Waals surface area (Å²) in [5, 5.41) is 0. The number of carbonyl (C=O) groups is 2. The predicted molar refractivity (Wildman–Crippen MR) is 114 cm³/mol. The maximum Gasteiger partial charge on any atom is 0.254 e. The largest absolute Gasteiger partial charge is 0.383 e. The van der Waals surface area contributed by atoms with Crippen molar-refractivity contribution in [3.63, 3.8) is 0 Å². The highest BCUT2D eigenvalue weighted by molar-refractivity contribution is 5.96. The lowest BCUT2D eigenvalue weighted by molar-refractivity contribution is -0.137. The number of hydrogen-bond donors (Lipinski definition) is 0. The Labute approximate surface area is 174 Å². The summed E-state index contributed by atoms with van der Waals surface area (Å²) in [4.78, 5) is 32.4. The lowest BCUT2D eigenvalue weighted by Gasteiger charge is -2.33. The number of methoxy groups -OCH3 is 1. The Bertz CT molecular complexity index is 713. The fourth-order valence-electron chi connectivity index (χ4n) is 4.36. The molecule has 0 spiro atoms. The summed E-state index contributed by atoms with van der Waals surface area (Å²) in [5.74, 6) is 0.486. The van der Waals surface area contributed by atoms with Crippen molar-refractivity contribution in [3.05, 3.63) is 34.9 Å². The second-order valence-corrected chi connectivity index (χ2v) is 8.40. The standard InChI is InChI=1S/C23H35N3O3/c1-18-5-6-19(2)21(17-18)23(28)26-10-4-9-25(13-14-26)22(27)20-7-11-24(12-8-20)15-16-29-3/h5-6,17,20H,4,7-16H2,1-3H3. The Morgan fingerprint density at radius 1 is 1.00 bits per heavy atom. The summed E-state index contributed by atoms with van der Waals surface area (Å²) >= 11 is 0. The lowest BCUT2D eigenvalue weighted by atomic mass is 9.95. The molecule has 0 radical (unpaired) electrons. The number of amides is 2. The van der Waals surface area contributed by atoms with E-state index in [0.29, 0.717) is 19.6 Å². The van der Waals surface area contributed by atoms with Gasteiger partial charge in [-0.2, -0.15) is 0 Å². The monoisotopic (exact) mass is 401 g/mol. The Kier molecular flexibility index (Phi) is 7.67. The van der Waals surface area contributed by atoms with Gasteiger partial charge >= 0.3 is 0 Å². The average molecular weight is 402 g/mol. The molecule has 0 bridgehead atoms. The first-order chi connectivity index (χ1) is 14.0. The smallest absolute Gasteiger partial charge is 0.254 e. The molecule has 1 aromatic rings. The highest BCUT2D eigenvalue weighted by Crippen LogP contribution is 2.21. The molecule has 0 atom stereocenters. The maximum atomic E-state index is 13.1. The van der Waals surface area contributed by atoms with Crippen molar-refractivity contribution in [2.75, 3.05) is 59.5 Å². The van der Waals surface area contributed by atoms with E-state index >= 15 is 0 Å². The summed E-state index contributed by atoms with van der Waals surface area (Å²) in [5.41, 5.74) is 2.90. The van der Waals surface area contributed by atoms with Crippen molar-refractivity contribution < 1.29 is 14.3 Å². The van der Waals surface area contributed by atoms with E-state index in [9.17, 15) is 9.59 Å². The first kappa shape index (κ1) is 21.8. The molecule has 1 aromatic carbocycles. The van der Waals surface area contributed by atoms with E-state index in [1.807, 2.05) is 41.8 Å². The number of hydrogen-bond acceptors (Lipinski definition) is 4. The molecule has 0 aromatic heterocycles. The van der Waals surface area contributed by atoms with Gasteiger partial charge in [0.1, 0.15) is 0 Å². The molecule has 2 aliphatic rings. The van der Waals surface area contributed by atoms with Crippen LogP contribution in [-0.2, 0) is 9.53 Å². The molecule has 2 amide bonds. The third-order valence-corrected chi connectivity index (χ3v) is 6.27. The van der Waals surface area contributed by atoms with Gasteiger partial charge in [0.15, 0.2) is 0 Å². The van der Waals surface area contributed by atoms with Gasteiger partial charge in [0.2, 0.25) is 5.91 Å². The van der Waals surface area contributed by atoms with Gasteiger partial charge in [-0.3, -0.25) is 9.59 Å². The van der Waals surface area contributed by atoms with E-state index in [0.717, 1.165) is 68.7 Å². The van der Waals surface area contributed by atoms with Crippen LogP contribution < -0.4 is 0 Å². The van der Waals surface area contributed by atoms with Crippen molar-refractivity contribution in [1.29, 1.82) is 0 Å². The molecule has 0 unspecified atom stereocenters. The molecule has 29 heavy (non-hydrogen) atoms. The van der Waals surface area contributed by atoms with Crippen molar-refractivity contribution in [2.45, 2.75) is 33.1 Å². The molecular weight excluding hydrogens is 366 g/mol. The van der Waals surface area contributed by atoms with Gasteiger partial charge < -0.3 is 19.4 Å². The lowest BCUT2D eigenvalue weighted by Crippen LogP contribution is -2.44. The minimum absolute atomic E-state index is 0.0898. The van der Waals surface area contributed by atoms with E-state index in [-0.39, 0.29) is 17.7 Å². The second kappa shape index (κ2) is 10.2. The fourth-order valence-corrected chi connectivity index (χ4v) is 4.36. The Hall–Kier alpha value is -1.92. The number of aryl methyl sites for hydroxylation is 2. The van der Waals surface area contributed by atoms with Gasteiger partial charge in [0.25, 0.3) is 5.91 Å². The van der Waals surface area contributed by atoms with E-state index in [1.165, 1.54) is 0 Å². The molecule has 0 N–H and O–H groups in total. The predicted octanol–water partition coefficient (Wildman–Crippen LogP) is 2.34. The van der Waals surface area contributed by atoms with Gasteiger partial charge in [-0.25, -0.2) is 0 Å². The number of carbonyl (C=O) groups excluding carboxylic acids is 2. The molecular formula is C23H35N3O3. The molecule has 0 saturated carbocycles. The summed E-state index contributed by atoms with van der Waals surface area (Å²) in [6, 6.07) is 6.02. The molecule has 3 rings (SSSR count). The normalized spacial score (nSPS) is 19.3. The molecule has 2 saturated heterocycles. The molecule has 0 aliphatic carbocycles. The van der Waals surface area contributed by atoms with Crippen LogP contribution in [0, 0.1) is 19.8 Å².